The van der Waals surface area contributed by atoms with E-state index in [2.05, 4.69) is 10.6 Å². The standard InChI is InChI=1S/C28H31FN4O3/c1-17-8-4-5-9-19(17)15-33-26(35)25-24(30-18(2)34)22-14-20(29)12-13-23(22)32(25)16-28(33,3)27(36)31-21-10-6-7-11-21/h4-5,8-9,12-14,21H,6-7,10-11,15-16H2,1-3H3,(H,30,34)(H,31,36)/t28-/m0/s1. The number of benzene rings is 2. The average Bonchev–Trinajstić information content (AvgIpc) is 3.44. The monoisotopic (exact) mass is 490 g/mol. The fourth-order valence-electron chi connectivity index (χ4n) is 5.57. The summed E-state index contributed by atoms with van der Waals surface area (Å²) >= 11 is 0. The summed E-state index contributed by atoms with van der Waals surface area (Å²) in [4.78, 5) is 41.8. The van der Waals surface area contributed by atoms with E-state index in [9.17, 15) is 18.8 Å². The second-order valence-corrected chi connectivity index (χ2v) is 10.2. The molecule has 3 amide bonds. The number of aromatic nitrogens is 1. The van der Waals surface area contributed by atoms with Crippen LogP contribution in [0.4, 0.5) is 10.1 Å². The van der Waals surface area contributed by atoms with Gasteiger partial charge in [0.15, 0.2) is 0 Å². The van der Waals surface area contributed by atoms with Crippen LogP contribution in [0, 0.1) is 12.7 Å². The van der Waals surface area contributed by atoms with Crippen molar-refractivity contribution in [1.82, 2.24) is 14.8 Å². The van der Waals surface area contributed by atoms with E-state index in [-0.39, 0.29) is 48.2 Å². The van der Waals surface area contributed by atoms with Gasteiger partial charge < -0.3 is 20.1 Å². The van der Waals surface area contributed by atoms with Gasteiger partial charge >= 0.3 is 0 Å². The number of amides is 3. The van der Waals surface area contributed by atoms with Crippen molar-refractivity contribution in [3.05, 3.63) is 65.1 Å². The molecule has 7 nitrogen and oxygen atoms in total. The first-order valence-corrected chi connectivity index (χ1v) is 12.5. The summed E-state index contributed by atoms with van der Waals surface area (Å²) in [6.07, 6.45) is 4.01. The number of anilines is 1. The lowest BCUT2D eigenvalue weighted by Crippen LogP contribution is -2.64. The van der Waals surface area contributed by atoms with Gasteiger partial charge in [0.1, 0.15) is 17.1 Å². The maximum Gasteiger partial charge on any atom is 0.273 e. The molecular weight excluding hydrogens is 459 g/mol. The lowest BCUT2D eigenvalue weighted by molar-refractivity contribution is -0.133. The van der Waals surface area contributed by atoms with Crippen molar-refractivity contribution in [2.24, 2.45) is 0 Å². The number of nitrogens with zero attached hydrogens (tertiary/aromatic N) is 2. The van der Waals surface area contributed by atoms with Crippen molar-refractivity contribution in [1.29, 1.82) is 0 Å². The molecular formula is C28H31FN4O3. The molecule has 2 heterocycles. The van der Waals surface area contributed by atoms with Crippen molar-refractivity contribution >= 4 is 34.3 Å². The minimum Gasteiger partial charge on any atom is -0.351 e. The number of fused-ring (bicyclic) bond motifs is 3. The van der Waals surface area contributed by atoms with Crippen LogP contribution < -0.4 is 10.6 Å². The summed E-state index contributed by atoms with van der Waals surface area (Å²) in [5.74, 6) is -1.41. The number of nitrogens with one attached hydrogen (secondary N) is 2. The zero-order valence-electron chi connectivity index (χ0n) is 20.9. The zero-order valence-corrected chi connectivity index (χ0v) is 20.9. The molecule has 188 valence electrons. The second kappa shape index (κ2) is 9.08. The molecule has 0 saturated heterocycles. The molecule has 5 rings (SSSR count). The van der Waals surface area contributed by atoms with Gasteiger partial charge in [0.05, 0.1) is 17.7 Å². The second-order valence-electron chi connectivity index (χ2n) is 10.2. The maximum atomic E-state index is 14.3. The molecule has 3 aromatic rings. The predicted molar refractivity (Wildman–Crippen MR) is 136 cm³/mol. The number of carbonyl (C=O) groups excluding carboxylic acids is 3. The Morgan fingerprint density at radius 2 is 1.86 bits per heavy atom. The third kappa shape index (κ3) is 4.04. The molecule has 0 radical (unpaired) electrons. The summed E-state index contributed by atoms with van der Waals surface area (Å²) < 4.78 is 16.0. The van der Waals surface area contributed by atoms with Gasteiger partial charge in [0, 0.05) is 24.9 Å². The molecule has 1 saturated carbocycles. The first kappa shape index (κ1) is 24.0. The highest BCUT2D eigenvalue weighted by Crippen LogP contribution is 2.40. The normalized spacial score (nSPS) is 20.0. The Kier molecular flexibility index (Phi) is 6.06. The Morgan fingerprint density at radius 3 is 2.56 bits per heavy atom. The van der Waals surface area contributed by atoms with Gasteiger partial charge in [-0.25, -0.2) is 4.39 Å². The van der Waals surface area contributed by atoms with Crippen LogP contribution in [-0.4, -0.2) is 38.8 Å². The largest absolute Gasteiger partial charge is 0.351 e. The summed E-state index contributed by atoms with van der Waals surface area (Å²) in [7, 11) is 0. The molecule has 0 unspecified atom stereocenters. The quantitative estimate of drug-likeness (QED) is 0.552. The number of hydrogen-bond donors (Lipinski definition) is 2. The van der Waals surface area contributed by atoms with Crippen LogP contribution in [0.3, 0.4) is 0 Å². The molecule has 2 N–H and O–H groups in total. The first-order valence-electron chi connectivity index (χ1n) is 12.5. The number of hydrogen-bond acceptors (Lipinski definition) is 3. The third-order valence-electron chi connectivity index (χ3n) is 7.61. The van der Waals surface area contributed by atoms with Gasteiger partial charge in [-0.05, 0) is 56.0 Å². The minimum absolute atomic E-state index is 0.0941. The minimum atomic E-state index is -1.19. The van der Waals surface area contributed by atoms with Crippen molar-refractivity contribution in [2.75, 3.05) is 5.32 Å². The highest BCUT2D eigenvalue weighted by molar-refractivity contribution is 6.14. The lowest BCUT2D eigenvalue weighted by Gasteiger charge is -2.45. The van der Waals surface area contributed by atoms with Gasteiger partial charge in [0.2, 0.25) is 11.8 Å². The first-order chi connectivity index (χ1) is 17.2. The molecule has 2 aliphatic rings. The molecule has 1 aromatic heterocycles. The van der Waals surface area contributed by atoms with E-state index in [1.54, 1.807) is 22.5 Å². The van der Waals surface area contributed by atoms with E-state index in [1.165, 1.54) is 19.1 Å². The van der Waals surface area contributed by atoms with E-state index in [1.807, 2.05) is 31.2 Å². The number of carbonyl (C=O) groups is 3. The lowest BCUT2D eigenvalue weighted by atomic mass is 9.92. The van der Waals surface area contributed by atoms with Gasteiger partial charge in [-0.2, -0.15) is 0 Å². The number of aryl methyl sites for hydroxylation is 1. The fraction of sp³-hybridized carbons (Fsp3) is 0.393. The van der Waals surface area contributed by atoms with Crippen LogP contribution in [0.25, 0.3) is 10.9 Å². The molecule has 1 aliphatic carbocycles. The molecule has 1 atom stereocenters. The van der Waals surface area contributed by atoms with E-state index in [0.29, 0.717) is 10.9 Å². The Labute approximate surface area is 209 Å². The molecule has 8 heteroatoms. The fourth-order valence-corrected chi connectivity index (χ4v) is 5.57. The summed E-state index contributed by atoms with van der Waals surface area (Å²) in [5.41, 5.74) is 1.88. The van der Waals surface area contributed by atoms with Gasteiger partial charge in [-0.15, -0.1) is 0 Å². The molecule has 0 bridgehead atoms. The Hall–Kier alpha value is -3.68. The predicted octanol–water partition coefficient (Wildman–Crippen LogP) is 4.52. The van der Waals surface area contributed by atoms with E-state index < -0.39 is 11.4 Å². The average molecular weight is 491 g/mol. The Bertz CT molecular complexity index is 1370. The van der Waals surface area contributed by atoms with Crippen LogP contribution in [0.5, 0.6) is 0 Å². The smallest absolute Gasteiger partial charge is 0.273 e. The molecule has 1 fully saturated rings. The summed E-state index contributed by atoms with van der Waals surface area (Å²) in [6.45, 7) is 5.54. The van der Waals surface area contributed by atoms with Crippen LogP contribution in [0.1, 0.15) is 61.1 Å². The summed E-state index contributed by atoms with van der Waals surface area (Å²) in [6, 6.07) is 12.1. The van der Waals surface area contributed by atoms with Crippen molar-refractivity contribution in [2.45, 2.75) is 71.1 Å². The topological polar surface area (TPSA) is 83.4 Å². The van der Waals surface area contributed by atoms with Gasteiger partial charge in [-0.3, -0.25) is 14.4 Å². The zero-order chi connectivity index (χ0) is 25.6. The van der Waals surface area contributed by atoms with Crippen molar-refractivity contribution < 1.29 is 18.8 Å². The van der Waals surface area contributed by atoms with Crippen LogP contribution >= 0.6 is 0 Å². The SMILES string of the molecule is CC(=O)Nc1c2n(c3ccc(F)cc13)C[C@@](C)(C(=O)NC1CCCC1)N(Cc1ccccc1C)C2=O. The summed E-state index contributed by atoms with van der Waals surface area (Å²) in [5, 5.41) is 6.38. The highest BCUT2D eigenvalue weighted by Gasteiger charge is 2.49. The van der Waals surface area contributed by atoms with Crippen molar-refractivity contribution in [3.8, 4) is 0 Å². The molecule has 36 heavy (non-hydrogen) atoms. The van der Waals surface area contributed by atoms with Gasteiger partial charge in [0.25, 0.3) is 5.91 Å². The van der Waals surface area contributed by atoms with Crippen LogP contribution in [-0.2, 0) is 22.7 Å². The molecule has 2 aromatic carbocycles. The number of rotatable bonds is 5. The molecule has 0 spiro atoms. The van der Waals surface area contributed by atoms with E-state index >= 15 is 0 Å². The molecule has 1 aliphatic heterocycles. The van der Waals surface area contributed by atoms with Gasteiger partial charge in [-0.1, -0.05) is 37.1 Å². The van der Waals surface area contributed by atoms with Crippen molar-refractivity contribution in [3.63, 3.8) is 0 Å². The highest BCUT2D eigenvalue weighted by atomic mass is 19.1. The Morgan fingerprint density at radius 1 is 1.14 bits per heavy atom. The van der Waals surface area contributed by atoms with Crippen LogP contribution in [0.15, 0.2) is 42.5 Å². The van der Waals surface area contributed by atoms with Crippen LogP contribution in [0.2, 0.25) is 0 Å². The number of halogens is 1. The third-order valence-corrected chi connectivity index (χ3v) is 7.61. The maximum absolute atomic E-state index is 14.3. The Balaban J connectivity index is 1.67. The van der Waals surface area contributed by atoms with E-state index in [0.717, 1.165) is 36.8 Å². The van der Waals surface area contributed by atoms with E-state index in [4.69, 9.17) is 0 Å².